The van der Waals surface area contributed by atoms with Gasteiger partial charge in [0.05, 0.1) is 0 Å². The van der Waals surface area contributed by atoms with E-state index in [-0.39, 0.29) is 63.1 Å². The van der Waals surface area contributed by atoms with E-state index < -0.39 is 0 Å². The van der Waals surface area contributed by atoms with E-state index in [1.165, 1.54) is 50.5 Å². The molecule has 0 aliphatic carbocycles. The smallest absolute Gasteiger partial charge is 0 e. The first kappa shape index (κ1) is 38.2. The monoisotopic (exact) mass is 600 g/mol. The van der Waals surface area contributed by atoms with Crippen molar-refractivity contribution in [2.24, 2.45) is 0 Å². The van der Waals surface area contributed by atoms with Crippen molar-refractivity contribution in [1.82, 2.24) is 4.90 Å². The van der Waals surface area contributed by atoms with Crippen LogP contribution in [-0.2, 0) is 25.8 Å². The van der Waals surface area contributed by atoms with Gasteiger partial charge in [-0.1, -0.05) is 57.2 Å². The van der Waals surface area contributed by atoms with Crippen LogP contribution in [0.5, 0.6) is 0 Å². The Labute approximate surface area is 207 Å². The van der Waals surface area contributed by atoms with Gasteiger partial charge in [-0.05, 0) is 33.4 Å². The molecule has 0 spiro atoms. The summed E-state index contributed by atoms with van der Waals surface area (Å²) in [5.41, 5.74) is 1.34. The zero-order valence-corrected chi connectivity index (χ0v) is 23.1. The summed E-state index contributed by atoms with van der Waals surface area (Å²) in [5, 5.41) is 0. The Balaban J connectivity index is -0.000000160. The summed E-state index contributed by atoms with van der Waals surface area (Å²) in [5.74, 6) is 0. The van der Waals surface area contributed by atoms with Crippen LogP contribution in [0.25, 0.3) is 0 Å². The van der Waals surface area contributed by atoms with Crippen molar-refractivity contribution in [3.05, 3.63) is 61.4 Å². The molecule has 1 aromatic carbocycles. The van der Waals surface area contributed by atoms with E-state index in [9.17, 15) is 0 Å². The Morgan fingerprint density at radius 1 is 0.889 bits per heavy atom. The summed E-state index contributed by atoms with van der Waals surface area (Å²) in [6.45, 7) is 6.77. The molecule has 1 rings (SSSR count). The molecule has 0 N–H and O–H groups in total. The minimum atomic E-state index is 0. The van der Waals surface area contributed by atoms with Gasteiger partial charge in [-0.25, -0.2) is 0 Å². The van der Waals surface area contributed by atoms with E-state index in [4.69, 9.17) is 0 Å². The number of nitrogens with zero attached hydrogens (tertiary/aromatic N) is 1. The molecule has 0 aliphatic rings. The van der Waals surface area contributed by atoms with E-state index >= 15 is 0 Å². The molecule has 0 saturated carbocycles. The van der Waals surface area contributed by atoms with E-state index in [0.29, 0.717) is 0 Å². The first-order valence-corrected chi connectivity index (χ1v) is 9.18. The Morgan fingerprint density at radius 3 is 1.93 bits per heavy atom. The molecule has 0 radical (unpaired) electrons. The third kappa shape index (κ3) is 31.4. The number of unbranched alkanes of at least 4 members (excludes halogenated alkanes) is 6. The largest absolute Gasteiger partial charge is 1.00 e. The number of benzene rings is 1. The maximum atomic E-state index is 3.61. The van der Waals surface area contributed by atoms with Gasteiger partial charge in [0.25, 0.3) is 0 Å². The van der Waals surface area contributed by atoms with Crippen LogP contribution in [-0.4, -0.2) is 25.5 Å². The van der Waals surface area contributed by atoms with Gasteiger partial charge in [-0.2, -0.15) is 24.1 Å². The standard InChI is InChI=1S/C18H27.C4H10N.3ClH.Hf/c1-2-3-4-5-6-7-8-9-10-12-15-18-16-13-11-14-17-18;1-4-5(2)3;;;;/h8-9,11,13-17H,2-7,10,12H2,1H3;1,4H2,2-3H3;3*1H;/q2*-1;;;;/p-3. The minimum Gasteiger partial charge on any atom is -1.00 e. The minimum absolute atomic E-state index is 0. The third-order valence-corrected chi connectivity index (χ3v) is 3.60. The summed E-state index contributed by atoms with van der Waals surface area (Å²) < 4.78 is 0. The predicted octanol–water partition coefficient (Wildman–Crippen LogP) is -2.67. The van der Waals surface area contributed by atoms with Crippen molar-refractivity contribution in [1.29, 1.82) is 0 Å². The summed E-state index contributed by atoms with van der Waals surface area (Å²) in [4.78, 5) is 2.01. The van der Waals surface area contributed by atoms with Crippen LogP contribution < -0.4 is 37.2 Å². The summed E-state index contributed by atoms with van der Waals surface area (Å²) >= 11 is 0. The number of halogens is 3. The fourth-order valence-corrected chi connectivity index (χ4v) is 2.04. The maximum Gasteiger partial charge on any atom is 0 e. The van der Waals surface area contributed by atoms with Crippen molar-refractivity contribution in [2.75, 3.05) is 20.6 Å². The molecule has 160 valence electrons. The second kappa shape index (κ2) is 31.2. The van der Waals surface area contributed by atoms with Gasteiger partial charge in [-0.3, -0.25) is 0 Å². The molecular weight excluding hydrogens is 563 g/mol. The zero-order valence-electron chi connectivity index (χ0n) is 17.3. The average molecular weight is 600 g/mol. The quantitative estimate of drug-likeness (QED) is 0.116. The van der Waals surface area contributed by atoms with Gasteiger partial charge in [0.15, 0.2) is 0 Å². The van der Waals surface area contributed by atoms with Crippen molar-refractivity contribution in [2.45, 2.75) is 58.3 Å². The number of allylic oxidation sites excluding steroid dienone is 2. The predicted molar refractivity (Wildman–Crippen MR) is 106 cm³/mol. The molecule has 0 aromatic heterocycles. The molecule has 1 aromatic rings. The number of hydrogen-bond donors (Lipinski definition) is 0. The van der Waals surface area contributed by atoms with Crippen LogP contribution in [0.1, 0.15) is 63.9 Å². The molecule has 5 heteroatoms. The van der Waals surface area contributed by atoms with Crippen LogP contribution in [0.2, 0.25) is 0 Å². The summed E-state index contributed by atoms with van der Waals surface area (Å²) in [6, 6.07) is 10.6. The van der Waals surface area contributed by atoms with Crippen LogP contribution in [0.15, 0.2) is 42.5 Å². The molecule has 0 fully saturated rings. The number of hydrogen-bond acceptors (Lipinski definition) is 1. The fourth-order valence-electron chi connectivity index (χ4n) is 2.04. The van der Waals surface area contributed by atoms with Gasteiger partial charge >= 0.3 is 0 Å². The molecule has 0 unspecified atom stereocenters. The van der Waals surface area contributed by atoms with E-state index in [1.807, 2.05) is 19.0 Å². The van der Waals surface area contributed by atoms with E-state index in [2.05, 4.69) is 62.8 Å². The van der Waals surface area contributed by atoms with Crippen LogP contribution in [0.4, 0.5) is 0 Å². The van der Waals surface area contributed by atoms with E-state index in [0.717, 1.165) is 13.0 Å². The van der Waals surface area contributed by atoms with Gasteiger partial charge < -0.3 is 49.0 Å². The van der Waals surface area contributed by atoms with Crippen LogP contribution in [0.3, 0.4) is 0 Å². The molecular formula is C22H37Cl3HfN-5. The molecule has 0 heterocycles. The molecule has 0 amide bonds. The third-order valence-electron chi connectivity index (χ3n) is 3.60. The maximum absolute atomic E-state index is 3.61. The second-order valence-electron chi connectivity index (χ2n) is 6.17. The Morgan fingerprint density at radius 2 is 1.41 bits per heavy atom. The normalized spacial score (nSPS) is 9.07. The van der Waals surface area contributed by atoms with Gasteiger partial charge in [0, 0.05) is 25.8 Å². The van der Waals surface area contributed by atoms with Gasteiger partial charge in [0.1, 0.15) is 0 Å². The first-order chi connectivity index (χ1) is 11.2. The molecule has 0 bridgehead atoms. The molecule has 1 nitrogen and oxygen atoms in total. The molecule has 0 atom stereocenters. The van der Waals surface area contributed by atoms with Gasteiger partial charge in [0.2, 0.25) is 0 Å². The Kier molecular flexibility index (Phi) is 44.2. The van der Waals surface area contributed by atoms with Crippen LogP contribution >= 0.6 is 0 Å². The van der Waals surface area contributed by atoms with Gasteiger partial charge in [-0.15, -0.1) is 18.7 Å². The van der Waals surface area contributed by atoms with Crippen LogP contribution in [0, 0.1) is 13.3 Å². The Hall–Kier alpha value is 0.530. The topological polar surface area (TPSA) is 3.24 Å². The SMILES string of the molecule is CCCCCCCC=CCC[CH-]c1ccccc1.[CH2-]CN(C)C.[Cl-].[Cl-].[Cl-].[Hf]. The van der Waals surface area contributed by atoms with Crippen molar-refractivity contribution in [3.8, 4) is 0 Å². The number of rotatable bonds is 11. The Bertz CT molecular complexity index is 373. The molecule has 0 saturated heterocycles. The molecule has 27 heavy (non-hydrogen) atoms. The second-order valence-corrected chi connectivity index (χ2v) is 6.17. The zero-order chi connectivity index (χ0) is 17.2. The van der Waals surface area contributed by atoms with Crippen molar-refractivity contribution >= 4 is 0 Å². The first-order valence-electron chi connectivity index (χ1n) is 9.18. The van der Waals surface area contributed by atoms with E-state index in [1.54, 1.807) is 0 Å². The van der Waals surface area contributed by atoms with Crippen molar-refractivity contribution < 1.29 is 63.1 Å². The summed E-state index contributed by atoms with van der Waals surface area (Å²) in [6.07, 6.45) is 17.5. The molecule has 0 aliphatic heterocycles. The fraction of sp³-hybridized carbons (Fsp3) is 0.545. The average Bonchev–Trinajstić information content (AvgIpc) is 2.58. The van der Waals surface area contributed by atoms with Crippen molar-refractivity contribution in [3.63, 3.8) is 0 Å². The summed E-state index contributed by atoms with van der Waals surface area (Å²) in [7, 11) is 3.99.